The molecule has 134 valence electrons. The molecule has 0 amide bonds. The highest BCUT2D eigenvalue weighted by Crippen LogP contribution is 2.38. The van der Waals surface area contributed by atoms with E-state index in [0.29, 0.717) is 48.2 Å². The second-order valence-electron chi connectivity index (χ2n) is 5.37. The van der Waals surface area contributed by atoms with Gasteiger partial charge in [0.05, 0.1) is 48.1 Å². The van der Waals surface area contributed by atoms with Crippen molar-refractivity contribution in [2.24, 2.45) is 0 Å². The van der Waals surface area contributed by atoms with Gasteiger partial charge in [0.15, 0.2) is 0 Å². The van der Waals surface area contributed by atoms with Crippen molar-refractivity contribution in [3.8, 4) is 22.5 Å². The molecule has 0 radical (unpaired) electrons. The van der Waals surface area contributed by atoms with Gasteiger partial charge in [-0.05, 0) is 30.3 Å². The van der Waals surface area contributed by atoms with E-state index in [2.05, 4.69) is 4.98 Å². The topological polar surface area (TPSA) is 33.1 Å². The molecule has 0 spiro atoms. The van der Waals surface area contributed by atoms with Gasteiger partial charge in [0, 0.05) is 16.7 Å². The predicted molar refractivity (Wildman–Crippen MR) is 111 cm³/mol. The van der Waals surface area contributed by atoms with Crippen LogP contribution in [0.5, 0.6) is 0 Å². The summed E-state index contributed by atoms with van der Waals surface area (Å²) in [5.74, 6) is 0. The third-order valence-corrected chi connectivity index (χ3v) is 6.08. The van der Waals surface area contributed by atoms with Crippen LogP contribution in [0.3, 0.4) is 0 Å². The predicted octanol–water partition coefficient (Wildman–Crippen LogP) is 7.83. The molecule has 0 aliphatic rings. The number of hydrogen-bond acceptors (Lipinski definition) is 2. The maximum absolute atomic E-state index is 9.67. The van der Waals surface area contributed by atoms with Gasteiger partial charge < -0.3 is 5.11 Å². The van der Waals surface area contributed by atoms with Gasteiger partial charge in [0.2, 0.25) is 0 Å². The smallest absolute Gasteiger partial charge is 0.0778 e. The normalized spacial score (nSPS) is 11.0. The summed E-state index contributed by atoms with van der Waals surface area (Å²) < 4.78 is 0. The molecule has 0 aliphatic carbocycles. The minimum Gasteiger partial charge on any atom is -0.392 e. The number of pyridine rings is 1. The van der Waals surface area contributed by atoms with Crippen LogP contribution in [-0.4, -0.2) is 10.1 Å². The molecule has 0 bridgehead atoms. The first-order valence-electron chi connectivity index (χ1n) is 7.22. The highest BCUT2D eigenvalue weighted by Gasteiger charge is 2.15. The molecule has 2 nitrogen and oxygen atoms in total. The Bertz CT molecular complexity index is 959. The molecule has 0 aliphatic heterocycles. The lowest BCUT2D eigenvalue weighted by molar-refractivity contribution is 0.282. The number of aliphatic hydroxyl groups is 1. The van der Waals surface area contributed by atoms with Crippen LogP contribution in [0.4, 0.5) is 0 Å². The molecule has 0 saturated heterocycles. The van der Waals surface area contributed by atoms with E-state index in [1.54, 1.807) is 36.4 Å². The Kier molecular flexibility index (Phi) is 6.25. The molecule has 3 aromatic rings. The van der Waals surface area contributed by atoms with Crippen molar-refractivity contribution in [3.63, 3.8) is 0 Å². The van der Waals surface area contributed by atoms with Crippen molar-refractivity contribution in [1.82, 2.24) is 4.98 Å². The van der Waals surface area contributed by atoms with Crippen LogP contribution in [0.2, 0.25) is 30.1 Å². The van der Waals surface area contributed by atoms with E-state index in [1.807, 2.05) is 0 Å². The fourth-order valence-electron chi connectivity index (χ4n) is 2.42. The second-order valence-corrected chi connectivity index (χ2v) is 7.75. The number of hydrogen-bond donors (Lipinski definition) is 1. The molecule has 0 unspecified atom stereocenters. The molecule has 0 fully saturated rings. The molecule has 2 aromatic carbocycles. The molecule has 8 heteroatoms. The highest BCUT2D eigenvalue weighted by atomic mass is 35.5. The molecule has 0 saturated carbocycles. The number of nitrogens with zero attached hydrogens (tertiary/aromatic N) is 1. The first-order valence-corrected chi connectivity index (χ1v) is 9.49. The number of aliphatic hydroxyl groups excluding tert-OH is 1. The first kappa shape index (κ1) is 20.0. The largest absolute Gasteiger partial charge is 0.392 e. The average molecular weight is 468 g/mol. The fraction of sp³-hybridized carbons (Fsp3) is 0.0556. The molecule has 0 atom stereocenters. The van der Waals surface area contributed by atoms with Crippen LogP contribution in [0.1, 0.15) is 5.56 Å². The van der Waals surface area contributed by atoms with E-state index in [-0.39, 0.29) is 16.7 Å². The number of benzene rings is 2. The Morgan fingerprint density at radius 2 is 1.15 bits per heavy atom. The zero-order chi connectivity index (χ0) is 19.0. The van der Waals surface area contributed by atoms with E-state index in [1.165, 1.54) is 0 Å². The summed E-state index contributed by atoms with van der Waals surface area (Å²) >= 11 is 36.5. The average Bonchev–Trinajstić information content (AvgIpc) is 2.62. The number of aromatic nitrogens is 1. The van der Waals surface area contributed by atoms with Crippen molar-refractivity contribution >= 4 is 69.6 Å². The van der Waals surface area contributed by atoms with Gasteiger partial charge in [-0.3, -0.25) is 0 Å². The number of rotatable bonds is 3. The maximum Gasteiger partial charge on any atom is 0.0778 e. The van der Waals surface area contributed by atoms with Crippen molar-refractivity contribution in [1.29, 1.82) is 0 Å². The summed E-state index contributed by atoms with van der Waals surface area (Å²) in [4.78, 5) is 4.63. The summed E-state index contributed by atoms with van der Waals surface area (Å²) in [6.07, 6.45) is 0. The van der Waals surface area contributed by atoms with Gasteiger partial charge in [-0.1, -0.05) is 75.7 Å². The first-order chi connectivity index (χ1) is 12.3. The van der Waals surface area contributed by atoms with Gasteiger partial charge >= 0.3 is 0 Å². The Morgan fingerprint density at radius 1 is 0.692 bits per heavy atom. The van der Waals surface area contributed by atoms with Gasteiger partial charge in [-0.2, -0.15) is 0 Å². The van der Waals surface area contributed by atoms with Crippen LogP contribution >= 0.6 is 69.6 Å². The van der Waals surface area contributed by atoms with Crippen molar-refractivity contribution in [2.75, 3.05) is 0 Å². The summed E-state index contributed by atoms with van der Waals surface area (Å²) in [6, 6.07) is 10.1. The monoisotopic (exact) mass is 465 g/mol. The van der Waals surface area contributed by atoms with Crippen LogP contribution in [-0.2, 0) is 6.61 Å². The minimum atomic E-state index is -0.206. The van der Waals surface area contributed by atoms with Gasteiger partial charge in [0.25, 0.3) is 0 Å². The molecular weight excluding hydrogens is 459 g/mol. The third-order valence-electron chi connectivity index (χ3n) is 3.69. The van der Waals surface area contributed by atoms with E-state index in [4.69, 9.17) is 69.6 Å². The summed E-state index contributed by atoms with van der Waals surface area (Å²) in [7, 11) is 0. The zero-order valence-corrected chi connectivity index (χ0v) is 17.4. The molecule has 1 aromatic heterocycles. The molecule has 1 N–H and O–H groups in total. The Morgan fingerprint density at radius 3 is 1.62 bits per heavy atom. The zero-order valence-electron chi connectivity index (χ0n) is 12.8. The van der Waals surface area contributed by atoms with Crippen LogP contribution in [0, 0.1) is 0 Å². The van der Waals surface area contributed by atoms with E-state index < -0.39 is 0 Å². The minimum absolute atomic E-state index is 0.206. The molecule has 1 heterocycles. The molecule has 3 rings (SSSR count). The molecule has 26 heavy (non-hydrogen) atoms. The lowest BCUT2D eigenvalue weighted by Crippen LogP contribution is -1.96. The summed E-state index contributed by atoms with van der Waals surface area (Å²) in [6.45, 7) is -0.206. The summed E-state index contributed by atoms with van der Waals surface area (Å²) in [5.41, 5.74) is 3.03. The Hall–Kier alpha value is -0.710. The SMILES string of the molecule is OCc1ccc(-c2cc(Cl)c(Cl)c(Cl)c2)nc1-c1cc(Cl)c(Cl)c(Cl)c1. The van der Waals surface area contributed by atoms with Crippen molar-refractivity contribution in [2.45, 2.75) is 6.61 Å². The third kappa shape index (κ3) is 3.93. The maximum atomic E-state index is 9.67. The Balaban J connectivity index is 2.20. The van der Waals surface area contributed by atoms with Gasteiger partial charge in [-0.15, -0.1) is 0 Å². The van der Waals surface area contributed by atoms with Gasteiger partial charge in [-0.25, -0.2) is 4.98 Å². The fourth-order valence-corrected chi connectivity index (χ4v) is 3.61. The second kappa shape index (κ2) is 8.12. The van der Waals surface area contributed by atoms with Crippen molar-refractivity contribution in [3.05, 3.63) is 72.1 Å². The highest BCUT2D eigenvalue weighted by molar-refractivity contribution is 6.49. The van der Waals surface area contributed by atoms with Crippen molar-refractivity contribution < 1.29 is 5.11 Å². The van der Waals surface area contributed by atoms with Crippen LogP contribution in [0.15, 0.2) is 36.4 Å². The lowest BCUT2D eigenvalue weighted by Gasteiger charge is -2.12. The molecular formula is C18H9Cl6NO. The van der Waals surface area contributed by atoms with Crippen LogP contribution in [0.25, 0.3) is 22.5 Å². The Labute approximate surface area is 180 Å². The van der Waals surface area contributed by atoms with E-state index >= 15 is 0 Å². The lowest BCUT2D eigenvalue weighted by atomic mass is 10.0. The number of halogens is 6. The van der Waals surface area contributed by atoms with Gasteiger partial charge in [0.1, 0.15) is 0 Å². The van der Waals surface area contributed by atoms with E-state index in [0.717, 1.165) is 0 Å². The quantitative estimate of drug-likeness (QED) is 0.398. The summed E-state index contributed by atoms with van der Waals surface area (Å²) in [5, 5.41) is 11.4. The standard InChI is InChI=1S/C18H9Cl6NO/c19-11-3-9(4-12(20)16(11)23)15-2-1-8(7-26)18(25-15)10-5-13(21)17(24)14(22)6-10/h1-6,26H,7H2. The van der Waals surface area contributed by atoms with E-state index in [9.17, 15) is 5.11 Å². The van der Waals surface area contributed by atoms with Crippen LogP contribution < -0.4 is 0 Å².